The van der Waals surface area contributed by atoms with E-state index >= 15 is 0 Å². The minimum Gasteiger partial charge on any atom is -0.337 e. The summed E-state index contributed by atoms with van der Waals surface area (Å²) in [4.78, 5) is 11.9. The average Bonchev–Trinajstić information content (AvgIpc) is 3.02. The summed E-state index contributed by atoms with van der Waals surface area (Å²) in [6, 6.07) is 7.85. The molecule has 5 nitrogen and oxygen atoms in total. The zero-order valence-corrected chi connectivity index (χ0v) is 9.41. The minimum atomic E-state index is 0.819. The van der Waals surface area contributed by atoms with Crippen molar-refractivity contribution >= 4 is 16.6 Å². The van der Waals surface area contributed by atoms with Crippen molar-refractivity contribution in [2.45, 2.75) is 0 Å². The van der Waals surface area contributed by atoms with Gasteiger partial charge in [-0.05, 0) is 18.2 Å². The Bertz CT molecular complexity index is 809. The van der Waals surface area contributed by atoms with Crippen molar-refractivity contribution in [2.24, 2.45) is 0 Å². The standard InChI is InChI=1S/C13H9N5/c1-2-6-18-12(3-1)9(7-15-18)13-16-10-4-5-14-8-11(10)17-13/h1-8H,(H,16,17). The second-order valence-electron chi connectivity index (χ2n) is 4.07. The number of imidazole rings is 1. The Labute approximate surface area is 102 Å². The topological polar surface area (TPSA) is 58.9 Å². The van der Waals surface area contributed by atoms with Crippen LogP contribution >= 0.6 is 0 Å². The summed E-state index contributed by atoms with van der Waals surface area (Å²) in [6.45, 7) is 0. The highest BCUT2D eigenvalue weighted by atomic mass is 15.2. The van der Waals surface area contributed by atoms with Crippen LogP contribution in [0.1, 0.15) is 0 Å². The number of pyridine rings is 2. The highest BCUT2D eigenvalue weighted by Crippen LogP contribution is 2.23. The molecule has 1 N–H and O–H groups in total. The second-order valence-corrected chi connectivity index (χ2v) is 4.07. The minimum absolute atomic E-state index is 0.819. The first kappa shape index (κ1) is 9.35. The van der Waals surface area contributed by atoms with E-state index in [0.717, 1.165) is 27.9 Å². The predicted octanol–water partition coefficient (Wildman–Crippen LogP) is 2.27. The zero-order valence-electron chi connectivity index (χ0n) is 9.41. The van der Waals surface area contributed by atoms with Crippen LogP contribution in [-0.2, 0) is 0 Å². The molecule has 4 rings (SSSR count). The van der Waals surface area contributed by atoms with Gasteiger partial charge in [0.25, 0.3) is 0 Å². The molecule has 0 atom stereocenters. The fourth-order valence-corrected chi connectivity index (χ4v) is 2.10. The number of aromatic amines is 1. The molecule has 0 amide bonds. The first-order valence-electron chi connectivity index (χ1n) is 5.64. The van der Waals surface area contributed by atoms with Gasteiger partial charge >= 0.3 is 0 Å². The molecule has 4 aromatic rings. The molecular weight excluding hydrogens is 226 g/mol. The third-order valence-corrected chi connectivity index (χ3v) is 2.96. The molecule has 18 heavy (non-hydrogen) atoms. The lowest BCUT2D eigenvalue weighted by Crippen LogP contribution is -1.84. The van der Waals surface area contributed by atoms with Gasteiger partial charge in [-0.1, -0.05) is 6.07 Å². The van der Waals surface area contributed by atoms with Crippen LogP contribution in [-0.4, -0.2) is 24.6 Å². The first-order valence-corrected chi connectivity index (χ1v) is 5.64. The molecule has 0 fully saturated rings. The van der Waals surface area contributed by atoms with Crippen LogP contribution in [0.2, 0.25) is 0 Å². The number of fused-ring (bicyclic) bond motifs is 2. The third-order valence-electron chi connectivity index (χ3n) is 2.96. The number of H-pyrrole nitrogens is 1. The maximum Gasteiger partial charge on any atom is 0.142 e. The number of hydrogen-bond donors (Lipinski definition) is 1. The largest absolute Gasteiger partial charge is 0.337 e. The van der Waals surface area contributed by atoms with E-state index in [4.69, 9.17) is 0 Å². The first-order chi connectivity index (χ1) is 8.92. The van der Waals surface area contributed by atoms with Gasteiger partial charge in [0, 0.05) is 12.4 Å². The summed E-state index contributed by atoms with van der Waals surface area (Å²) in [5.74, 6) is 0.819. The van der Waals surface area contributed by atoms with Crippen LogP contribution in [0.3, 0.4) is 0 Å². The van der Waals surface area contributed by atoms with Crippen molar-refractivity contribution in [1.82, 2.24) is 24.6 Å². The normalized spacial score (nSPS) is 11.3. The van der Waals surface area contributed by atoms with Crippen molar-refractivity contribution < 1.29 is 0 Å². The van der Waals surface area contributed by atoms with Gasteiger partial charge in [-0.2, -0.15) is 5.10 Å². The van der Waals surface area contributed by atoms with Crippen LogP contribution in [0, 0.1) is 0 Å². The van der Waals surface area contributed by atoms with Crippen molar-refractivity contribution in [3.63, 3.8) is 0 Å². The fourth-order valence-electron chi connectivity index (χ4n) is 2.10. The summed E-state index contributed by atoms with van der Waals surface area (Å²) in [6.07, 6.45) is 7.25. The van der Waals surface area contributed by atoms with E-state index < -0.39 is 0 Å². The monoisotopic (exact) mass is 235 g/mol. The summed E-state index contributed by atoms with van der Waals surface area (Å²) in [7, 11) is 0. The molecule has 0 aromatic carbocycles. The van der Waals surface area contributed by atoms with E-state index in [1.807, 2.05) is 41.2 Å². The Balaban J connectivity index is 2.01. The molecule has 4 heterocycles. The molecule has 0 aliphatic heterocycles. The summed E-state index contributed by atoms with van der Waals surface area (Å²) in [5, 5.41) is 4.31. The summed E-state index contributed by atoms with van der Waals surface area (Å²) >= 11 is 0. The van der Waals surface area contributed by atoms with E-state index in [0.29, 0.717) is 0 Å². The van der Waals surface area contributed by atoms with Crippen molar-refractivity contribution in [3.05, 3.63) is 49.1 Å². The molecule has 86 valence electrons. The maximum absolute atomic E-state index is 4.56. The van der Waals surface area contributed by atoms with E-state index in [1.54, 1.807) is 12.4 Å². The lowest BCUT2D eigenvalue weighted by Gasteiger charge is -1.93. The maximum atomic E-state index is 4.56. The fraction of sp³-hybridized carbons (Fsp3) is 0. The zero-order chi connectivity index (χ0) is 11.9. The van der Waals surface area contributed by atoms with Gasteiger partial charge in [0.2, 0.25) is 0 Å². The van der Waals surface area contributed by atoms with Gasteiger partial charge in [-0.15, -0.1) is 0 Å². The van der Waals surface area contributed by atoms with Gasteiger partial charge in [0.15, 0.2) is 0 Å². The number of hydrogen-bond acceptors (Lipinski definition) is 3. The highest BCUT2D eigenvalue weighted by Gasteiger charge is 2.10. The SMILES string of the molecule is c1ccn2ncc(-c3nc4ccncc4[nH]3)c2c1. The van der Waals surface area contributed by atoms with Gasteiger partial charge < -0.3 is 4.98 Å². The average molecular weight is 235 g/mol. The number of nitrogens with zero attached hydrogens (tertiary/aromatic N) is 4. The lowest BCUT2D eigenvalue weighted by atomic mass is 10.2. The van der Waals surface area contributed by atoms with Crippen LogP contribution in [0.5, 0.6) is 0 Å². The Morgan fingerprint density at radius 1 is 1.11 bits per heavy atom. The highest BCUT2D eigenvalue weighted by molar-refractivity contribution is 5.83. The van der Waals surface area contributed by atoms with Crippen molar-refractivity contribution in [2.75, 3.05) is 0 Å². The summed E-state index contributed by atoms with van der Waals surface area (Å²) in [5.41, 5.74) is 3.87. The molecule has 5 heteroatoms. The van der Waals surface area contributed by atoms with Gasteiger partial charge in [-0.3, -0.25) is 4.98 Å². The molecule has 0 unspecified atom stereocenters. The number of nitrogens with one attached hydrogen (secondary N) is 1. The molecule has 0 spiro atoms. The van der Waals surface area contributed by atoms with Gasteiger partial charge in [-0.25, -0.2) is 9.50 Å². The van der Waals surface area contributed by atoms with Crippen molar-refractivity contribution in [1.29, 1.82) is 0 Å². The Hall–Kier alpha value is -2.69. The number of aromatic nitrogens is 5. The summed E-state index contributed by atoms with van der Waals surface area (Å²) < 4.78 is 1.83. The molecule has 0 bridgehead atoms. The van der Waals surface area contributed by atoms with Crippen LogP contribution in [0.4, 0.5) is 0 Å². The van der Waals surface area contributed by atoms with Crippen molar-refractivity contribution in [3.8, 4) is 11.4 Å². The molecule has 0 saturated carbocycles. The Morgan fingerprint density at radius 3 is 3.06 bits per heavy atom. The third kappa shape index (κ3) is 1.24. The molecular formula is C13H9N5. The Kier molecular flexibility index (Phi) is 1.77. The van der Waals surface area contributed by atoms with Crippen LogP contribution in [0.15, 0.2) is 49.1 Å². The van der Waals surface area contributed by atoms with E-state index in [-0.39, 0.29) is 0 Å². The lowest BCUT2D eigenvalue weighted by molar-refractivity contribution is 0.961. The molecule has 0 aliphatic rings. The quantitative estimate of drug-likeness (QED) is 0.550. The van der Waals surface area contributed by atoms with E-state index in [1.165, 1.54) is 0 Å². The smallest absolute Gasteiger partial charge is 0.142 e. The predicted molar refractivity (Wildman–Crippen MR) is 68.1 cm³/mol. The van der Waals surface area contributed by atoms with Crippen LogP contribution in [0.25, 0.3) is 27.9 Å². The van der Waals surface area contributed by atoms with Gasteiger partial charge in [0.1, 0.15) is 5.82 Å². The molecule has 0 aliphatic carbocycles. The second kappa shape index (κ2) is 3.40. The van der Waals surface area contributed by atoms with E-state index in [9.17, 15) is 0 Å². The molecule has 0 saturated heterocycles. The van der Waals surface area contributed by atoms with Crippen LogP contribution < -0.4 is 0 Å². The number of rotatable bonds is 1. The molecule has 4 aromatic heterocycles. The van der Waals surface area contributed by atoms with E-state index in [2.05, 4.69) is 20.1 Å². The van der Waals surface area contributed by atoms with Gasteiger partial charge in [0.05, 0.1) is 34.5 Å². The Morgan fingerprint density at radius 2 is 2.11 bits per heavy atom. The molecule has 0 radical (unpaired) electrons.